The van der Waals surface area contributed by atoms with E-state index in [0.717, 1.165) is 24.7 Å². The molecule has 1 nitrogen and oxygen atoms in total. The van der Waals surface area contributed by atoms with Gasteiger partial charge in [-0.25, -0.2) is 0 Å². The van der Waals surface area contributed by atoms with Crippen LogP contribution >= 0.6 is 0 Å². The molecule has 0 aromatic heterocycles. The van der Waals surface area contributed by atoms with Crippen LogP contribution in [-0.4, -0.2) is 0 Å². The van der Waals surface area contributed by atoms with Crippen LogP contribution < -0.4 is 0 Å². The minimum absolute atomic E-state index is 0.320. The standard InChI is InChI=1S/C22H35N/c1-19-9-5-10-21(19,3)17-8-12-20(2)14-16(15-23)6-13-22(20,4)18(17)7-11-19/h16-18H,5-14H2,1-4H3/t16-,17+,18-,19-,20+,21+,22-/m1/s1. The Bertz CT molecular complexity index is 547. The van der Waals surface area contributed by atoms with E-state index in [2.05, 4.69) is 33.8 Å². The SMILES string of the molecule is C[C@]12CCC[C@@]1(C)[C@H]1CC[C@@]3(C)C[C@H](C#N)CC[C@]3(C)[C@@H]1CC2. The summed E-state index contributed by atoms with van der Waals surface area (Å²) >= 11 is 0. The molecular formula is C22H35N. The Morgan fingerprint density at radius 1 is 0.739 bits per heavy atom. The molecule has 4 fully saturated rings. The lowest BCUT2D eigenvalue weighted by Crippen LogP contribution is -2.59. The van der Waals surface area contributed by atoms with Gasteiger partial charge in [-0.1, -0.05) is 34.1 Å². The third-order valence-corrected chi connectivity index (χ3v) is 10.2. The molecule has 23 heavy (non-hydrogen) atoms. The van der Waals surface area contributed by atoms with Crippen molar-refractivity contribution in [2.45, 2.75) is 91.9 Å². The van der Waals surface area contributed by atoms with Crippen LogP contribution in [0.2, 0.25) is 0 Å². The van der Waals surface area contributed by atoms with Gasteiger partial charge in [0, 0.05) is 5.92 Å². The lowest BCUT2D eigenvalue weighted by Gasteiger charge is -2.67. The van der Waals surface area contributed by atoms with E-state index in [0.29, 0.717) is 27.6 Å². The molecule has 4 aliphatic rings. The van der Waals surface area contributed by atoms with Gasteiger partial charge in [-0.15, -0.1) is 0 Å². The smallest absolute Gasteiger partial charge is 0.0656 e. The Kier molecular flexibility index (Phi) is 3.32. The largest absolute Gasteiger partial charge is 0.198 e. The number of hydrogen-bond acceptors (Lipinski definition) is 1. The van der Waals surface area contributed by atoms with E-state index in [-0.39, 0.29) is 0 Å². The van der Waals surface area contributed by atoms with E-state index in [4.69, 9.17) is 0 Å². The molecular weight excluding hydrogens is 278 g/mol. The van der Waals surface area contributed by atoms with Crippen molar-refractivity contribution in [2.24, 2.45) is 39.4 Å². The summed E-state index contributed by atoms with van der Waals surface area (Å²) in [4.78, 5) is 0. The van der Waals surface area contributed by atoms with Gasteiger partial charge in [0.2, 0.25) is 0 Å². The topological polar surface area (TPSA) is 23.8 Å². The summed E-state index contributed by atoms with van der Waals surface area (Å²) in [5.41, 5.74) is 2.10. The fourth-order valence-corrected chi connectivity index (χ4v) is 8.14. The number of nitriles is 1. The molecule has 128 valence electrons. The summed E-state index contributed by atoms with van der Waals surface area (Å²) in [6, 6.07) is 2.60. The highest BCUT2D eigenvalue weighted by atomic mass is 14.7. The second-order valence-corrected chi connectivity index (χ2v) is 10.7. The second-order valence-electron chi connectivity index (χ2n) is 10.7. The van der Waals surface area contributed by atoms with Gasteiger partial charge in [0.1, 0.15) is 0 Å². The van der Waals surface area contributed by atoms with Gasteiger partial charge in [-0.05, 0) is 91.3 Å². The van der Waals surface area contributed by atoms with Crippen molar-refractivity contribution in [1.29, 1.82) is 5.26 Å². The van der Waals surface area contributed by atoms with E-state index in [1.807, 2.05) is 0 Å². The van der Waals surface area contributed by atoms with Gasteiger partial charge in [-0.2, -0.15) is 5.26 Å². The van der Waals surface area contributed by atoms with Gasteiger partial charge < -0.3 is 0 Å². The van der Waals surface area contributed by atoms with Crippen molar-refractivity contribution in [1.82, 2.24) is 0 Å². The average molecular weight is 314 g/mol. The van der Waals surface area contributed by atoms with E-state index in [1.54, 1.807) is 0 Å². The Morgan fingerprint density at radius 3 is 2.00 bits per heavy atom. The van der Waals surface area contributed by atoms with E-state index in [9.17, 15) is 5.26 Å². The molecule has 0 spiro atoms. The normalized spacial score (nSPS) is 58.7. The second kappa shape index (κ2) is 4.77. The van der Waals surface area contributed by atoms with Crippen LogP contribution in [0.15, 0.2) is 0 Å². The highest BCUT2D eigenvalue weighted by Gasteiger charge is 2.65. The first kappa shape index (κ1) is 16.0. The predicted octanol–water partition coefficient (Wildman–Crippen LogP) is 6.34. The molecule has 4 saturated carbocycles. The van der Waals surface area contributed by atoms with Crippen LogP contribution in [0.1, 0.15) is 91.9 Å². The van der Waals surface area contributed by atoms with Crippen molar-refractivity contribution in [2.75, 3.05) is 0 Å². The Labute approximate surface area is 143 Å². The van der Waals surface area contributed by atoms with Crippen molar-refractivity contribution in [3.8, 4) is 6.07 Å². The molecule has 0 bridgehead atoms. The molecule has 7 atom stereocenters. The Balaban J connectivity index is 1.70. The molecule has 0 saturated heterocycles. The molecule has 0 heterocycles. The molecule has 0 aromatic carbocycles. The molecule has 0 unspecified atom stereocenters. The number of fused-ring (bicyclic) bond motifs is 5. The van der Waals surface area contributed by atoms with Crippen LogP contribution in [0.4, 0.5) is 0 Å². The fourth-order valence-electron chi connectivity index (χ4n) is 8.14. The van der Waals surface area contributed by atoms with Gasteiger partial charge in [0.05, 0.1) is 6.07 Å². The molecule has 0 aliphatic heterocycles. The zero-order valence-electron chi connectivity index (χ0n) is 15.8. The third-order valence-electron chi connectivity index (χ3n) is 10.2. The lowest BCUT2D eigenvalue weighted by molar-refractivity contribution is -0.181. The molecule has 1 heteroatoms. The van der Waals surface area contributed by atoms with E-state index in [1.165, 1.54) is 51.4 Å². The lowest BCUT2D eigenvalue weighted by atomic mass is 9.37. The molecule has 0 radical (unpaired) electrons. The number of nitrogens with zero attached hydrogens (tertiary/aromatic N) is 1. The minimum atomic E-state index is 0.320. The fraction of sp³-hybridized carbons (Fsp3) is 0.955. The molecule has 4 aliphatic carbocycles. The van der Waals surface area contributed by atoms with Crippen molar-refractivity contribution in [3.63, 3.8) is 0 Å². The molecule has 0 amide bonds. The molecule has 0 aromatic rings. The maximum Gasteiger partial charge on any atom is 0.0656 e. The summed E-state index contributed by atoms with van der Waals surface area (Å²) in [5.74, 6) is 2.18. The van der Waals surface area contributed by atoms with Crippen LogP contribution in [0.5, 0.6) is 0 Å². The summed E-state index contributed by atoms with van der Waals surface area (Å²) in [6.45, 7) is 10.4. The Hall–Kier alpha value is -0.510. The zero-order chi connectivity index (χ0) is 16.5. The van der Waals surface area contributed by atoms with Crippen molar-refractivity contribution in [3.05, 3.63) is 0 Å². The summed E-state index contributed by atoms with van der Waals surface area (Å²) < 4.78 is 0. The predicted molar refractivity (Wildman–Crippen MR) is 94.7 cm³/mol. The van der Waals surface area contributed by atoms with E-state index >= 15 is 0 Å². The summed E-state index contributed by atoms with van der Waals surface area (Å²) in [7, 11) is 0. The number of hydrogen-bond donors (Lipinski definition) is 0. The van der Waals surface area contributed by atoms with Crippen LogP contribution in [-0.2, 0) is 0 Å². The summed E-state index contributed by atoms with van der Waals surface area (Å²) in [5, 5.41) is 9.46. The van der Waals surface area contributed by atoms with Gasteiger partial charge in [0.15, 0.2) is 0 Å². The van der Waals surface area contributed by atoms with Gasteiger partial charge in [-0.3, -0.25) is 0 Å². The highest BCUT2D eigenvalue weighted by molar-refractivity contribution is 5.15. The first-order valence-electron chi connectivity index (χ1n) is 10.2. The molecule has 0 N–H and O–H groups in total. The first-order valence-corrected chi connectivity index (χ1v) is 10.2. The van der Waals surface area contributed by atoms with Gasteiger partial charge in [0.25, 0.3) is 0 Å². The van der Waals surface area contributed by atoms with Crippen molar-refractivity contribution >= 4 is 0 Å². The monoisotopic (exact) mass is 313 g/mol. The first-order chi connectivity index (χ1) is 10.8. The third kappa shape index (κ3) is 1.85. The van der Waals surface area contributed by atoms with Crippen LogP contribution in [0.25, 0.3) is 0 Å². The van der Waals surface area contributed by atoms with Crippen LogP contribution in [0.3, 0.4) is 0 Å². The van der Waals surface area contributed by atoms with E-state index < -0.39 is 0 Å². The average Bonchev–Trinajstić information content (AvgIpc) is 2.83. The maximum absolute atomic E-state index is 9.46. The van der Waals surface area contributed by atoms with Crippen LogP contribution in [0, 0.1) is 50.7 Å². The highest BCUT2D eigenvalue weighted by Crippen LogP contribution is 2.73. The molecule has 4 rings (SSSR count). The quantitative estimate of drug-likeness (QED) is 0.512. The summed E-state index contributed by atoms with van der Waals surface area (Å²) in [6.07, 6.45) is 13.7. The van der Waals surface area contributed by atoms with Crippen molar-refractivity contribution < 1.29 is 0 Å². The minimum Gasteiger partial charge on any atom is -0.198 e. The Morgan fingerprint density at radius 2 is 1.35 bits per heavy atom. The maximum atomic E-state index is 9.46. The van der Waals surface area contributed by atoms with Gasteiger partial charge >= 0.3 is 0 Å². The number of rotatable bonds is 0. The zero-order valence-corrected chi connectivity index (χ0v) is 15.8.